The third kappa shape index (κ3) is 3.44. The van der Waals surface area contributed by atoms with E-state index in [1.165, 1.54) is 19.3 Å². The van der Waals surface area contributed by atoms with Crippen molar-refractivity contribution >= 4 is 11.6 Å². The predicted molar refractivity (Wildman–Crippen MR) is 78.6 cm³/mol. The number of aryl methyl sites for hydroxylation is 1. The Morgan fingerprint density at radius 2 is 2.30 bits per heavy atom. The Hall–Kier alpha value is -1.26. The van der Waals surface area contributed by atoms with E-state index in [9.17, 15) is 0 Å². The van der Waals surface area contributed by atoms with Crippen molar-refractivity contribution in [1.29, 1.82) is 0 Å². The number of likely N-dealkylation sites (tertiary alicyclic amines) is 1. The summed E-state index contributed by atoms with van der Waals surface area (Å²) in [6, 6.07) is 4.42. The van der Waals surface area contributed by atoms with Crippen molar-refractivity contribution in [3.8, 4) is 0 Å². The Kier molecular flexibility index (Phi) is 4.43. The average Bonchev–Trinajstić information content (AvgIpc) is 3.10. The second kappa shape index (κ2) is 6.46. The quantitative estimate of drug-likeness (QED) is 0.845. The monoisotopic (exact) mass is 293 g/mol. The number of furan rings is 1. The second-order valence-electron chi connectivity index (χ2n) is 5.42. The Morgan fingerprint density at radius 3 is 3.05 bits per heavy atom. The van der Waals surface area contributed by atoms with Crippen LogP contribution < -0.4 is 0 Å². The number of hydrogen-bond donors (Lipinski definition) is 0. The molecule has 1 aliphatic heterocycles. The minimum atomic E-state index is 0.479. The molecule has 1 fully saturated rings. The molecule has 2 aromatic rings. The SMILES string of the molecule is Clc1ccc(CN2CCCCC2CCn2ccnc2)o1. The van der Waals surface area contributed by atoms with Crippen LogP contribution in [0.5, 0.6) is 0 Å². The topological polar surface area (TPSA) is 34.2 Å². The zero-order chi connectivity index (χ0) is 13.8. The van der Waals surface area contributed by atoms with Crippen LogP contribution >= 0.6 is 11.6 Å². The van der Waals surface area contributed by atoms with Crippen LogP contribution in [0.2, 0.25) is 5.22 Å². The van der Waals surface area contributed by atoms with E-state index in [-0.39, 0.29) is 0 Å². The van der Waals surface area contributed by atoms with Gasteiger partial charge in [-0.2, -0.15) is 0 Å². The molecule has 1 unspecified atom stereocenters. The minimum Gasteiger partial charge on any atom is -0.448 e. The van der Waals surface area contributed by atoms with Gasteiger partial charge in [0.05, 0.1) is 12.9 Å². The second-order valence-corrected chi connectivity index (χ2v) is 5.79. The number of rotatable bonds is 5. The smallest absolute Gasteiger partial charge is 0.193 e. The summed E-state index contributed by atoms with van der Waals surface area (Å²) in [6.45, 7) is 3.04. The number of imidazole rings is 1. The summed E-state index contributed by atoms with van der Waals surface area (Å²) >= 11 is 5.85. The molecule has 0 spiro atoms. The first kappa shape index (κ1) is 13.7. The van der Waals surface area contributed by atoms with Gasteiger partial charge in [-0.1, -0.05) is 6.42 Å². The highest BCUT2D eigenvalue weighted by Crippen LogP contribution is 2.24. The lowest BCUT2D eigenvalue weighted by Crippen LogP contribution is -2.39. The van der Waals surface area contributed by atoms with Gasteiger partial charge in [0, 0.05) is 25.0 Å². The fourth-order valence-electron chi connectivity index (χ4n) is 2.95. The van der Waals surface area contributed by atoms with E-state index in [4.69, 9.17) is 16.0 Å². The fraction of sp³-hybridized carbons (Fsp3) is 0.533. The predicted octanol–water partition coefficient (Wildman–Crippen LogP) is 3.57. The third-order valence-electron chi connectivity index (χ3n) is 4.02. The summed E-state index contributed by atoms with van der Waals surface area (Å²) in [4.78, 5) is 6.62. The van der Waals surface area contributed by atoms with E-state index in [1.54, 1.807) is 0 Å². The van der Waals surface area contributed by atoms with Crippen molar-refractivity contribution in [2.75, 3.05) is 6.54 Å². The zero-order valence-corrected chi connectivity index (χ0v) is 12.3. The van der Waals surface area contributed by atoms with Crippen LogP contribution in [0.1, 0.15) is 31.4 Å². The molecule has 0 aliphatic carbocycles. The Morgan fingerprint density at radius 1 is 1.35 bits per heavy atom. The first-order valence-corrected chi connectivity index (χ1v) is 7.63. The van der Waals surface area contributed by atoms with E-state index >= 15 is 0 Å². The summed E-state index contributed by atoms with van der Waals surface area (Å²) in [7, 11) is 0. The highest BCUT2D eigenvalue weighted by atomic mass is 35.5. The summed E-state index contributed by atoms with van der Waals surface area (Å²) in [5.74, 6) is 0.963. The minimum absolute atomic E-state index is 0.479. The van der Waals surface area contributed by atoms with Crippen molar-refractivity contribution in [2.45, 2.75) is 44.8 Å². The van der Waals surface area contributed by atoms with Crippen LogP contribution in [-0.4, -0.2) is 27.0 Å². The average molecular weight is 294 g/mol. The molecule has 0 N–H and O–H groups in total. The van der Waals surface area contributed by atoms with Gasteiger partial charge < -0.3 is 8.98 Å². The maximum Gasteiger partial charge on any atom is 0.193 e. The molecule has 1 atom stereocenters. The Labute approximate surface area is 124 Å². The third-order valence-corrected chi connectivity index (χ3v) is 4.22. The van der Waals surface area contributed by atoms with Crippen molar-refractivity contribution in [1.82, 2.24) is 14.5 Å². The van der Waals surface area contributed by atoms with E-state index in [0.717, 1.165) is 31.8 Å². The largest absolute Gasteiger partial charge is 0.448 e. The standard InChI is InChI=1S/C15H20ClN3O/c16-15-5-4-14(20-15)11-19-8-2-1-3-13(19)6-9-18-10-7-17-12-18/h4-5,7,10,12-13H,1-3,6,8-9,11H2. The van der Waals surface area contributed by atoms with Gasteiger partial charge in [0.1, 0.15) is 5.76 Å². The maximum absolute atomic E-state index is 5.85. The summed E-state index contributed by atoms with van der Waals surface area (Å²) in [5.41, 5.74) is 0. The van der Waals surface area contributed by atoms with E-state index < -0.39 is 0 Å². The van der Waals surface area contributed by atoms with E-state index in [0.29, 0.717) is 11.3 Å². The van der Waals surface area contributed by atoms with E-state index in [1.807, 2.05) is 30.9 Å². The molecule has 0 aromatic carbocycles. The molecule has 3 heterocycles. The number of nitrogens with zero attached hydrogens (tertiary/aromatic N) is 3. The lowest BCUT2D eigenvalue weighted by molar-refractivity contribution is 0.119. The van der Waals surface area contributed by atoms with Crippen molar-refractivity contribution in [3.63, 3.8) is 0 Å². The lowest BCUT2D eigenvalue weighted by atomic mass is 9.99. The Bertz CT molecular complexity index is 523. The van der Waals surface area contributed by atoms with Crippen LogP contribution in [0.3, 0.4) is 0 Å². The van der Waals surface area contributed by atoms with Gasteiger partial charge in [0.25, 0.3) is 0 Å². The first-order valence-electron chi connectivity index (χ1n) is 7.25. The van der Waals surface area contributed by atoms with Crippen LogP contribution in [0, 0.1) is 0 Å². The molecule has 108 valence electrons. The fourth-order valence-corrected chi connectivity index (χ4v) is 3.11. The van der Waals surface area contributed by atoms with E-state index in [2.05, 4.69) is 14.5 Å². The zero-order valence-electron chi connectivity index (χ0n) is 11.5. The van der Waals surface area contributed by atoms with Crippen molar-refractivity contribution in [3.05, 3.63) is 41.8 Å². The number of aromatic nitrogens is 2. The molecule has 1 aliphatic rings. The van der Waals surface area contributed by atoms with Crippen LogP contribution in [0.15, 0.2) is 35.3 Å². The molecule has 0 saturated carbocycles. The molecule has 0 bridgehead atoms. The highest BCUT2D eigenvalue weighted by molar-refractivity contribution is 6.28. The van der Waals surface area contributed by atoms with Gasteiger partial charge in [0.15, 0.2) is 5.22 Å². The molecule has 1 saturated heterocycles. The molecule has 0 radical (unpaired) electrons. The molecule has 0 amide bonds. The van der Waals surface area contributed by atoms with Gasteiger partial charge >= 0.3 is 0 Å². The van der Waals surface area contributed by atoms with Gasteiger partial charge in [-0.3, -0.25) is 4.90 Å². The van der Waals surface area contributed by atoms with Crippen LogP contribution in [0.4, 0.5) is 0 Å². The van der Waals surface area contributed by atoms with Crippen molar-refractivity contribution < 1.29 is 4.42 Å². The number of piperidine rings is 1. The maximum atomic E-state index is 5.85. The lowest BCUT2D eigenvalue weighted by Gasteiger charge is -2.35. The summed E-state index contributed by atoms with van der Waals surface area (Å²) in [6.07, 6.45) is 10.8. The van der Waals surface area contributed by atoms with Crippen LogP contribution in [0.25, 0.3) is 0 Å². The number of hydrogen-bond acceptors (Lipinski definition) is 3. The molecule has 4 nitrogen and oxygen atoms in total. The van der Waals surface area contributed by atoms with Gasteiger partial charge in [-0.25, -0.2) is 4.98 Å². The highest BCUT2D eigenvalue weighted by Gasteiger charge is 2.23. The summed E-state index contributed by atoms with van der Waals surface area (Å²) < 4.78 is 7.64. The molecule has 3 rings (SSSR count). The Balaban J connectivity index is 1.58. The molecular formula is C15H20ClN3O. The van der Waals surface area contributed by atoms with Gasteiger partial charge in [0.2, 0.25) is 0 Å². The normalized spacial score (nSPS) is 20.4. The number of halogens is 1. The van der Waals surface area contributed by atoms with Gasteiger partial charge in [-0.15, -0.1) is 0 Å². The van der Waals surface area contributed by atoms with Gasteiger partial charge in [-0.05, 0) is 49.5 Å². The van der Waals surface area contributed by atoms with Crippen molar-refractivity contribution in [2.24, 2.45) is 0 Å². The molecule has 20 heavy (non-hydrogen) atoms. The van der Waals surface area contributed by atoms with Crippen LogP contribution in [-0.2, 0) is 13.1 Å². The molecule has 2 aromatic heterocycles. The molecular weight excluding hydrogens is 274 g/mol. The first-order chi connectivity index (χ1) is 9.81. The molecule has 5 heteroatoms. The summed E-state index contributed by atoms with van der Waals surface area (Å²) in [5, 5.41) is 0.479.